The van der Waals surface area contributed by atoms with Gasteiger partial charge in [-0.25, -0.2) is 0 Å². The molecule has 4 aliphatic rings. The fraction of sp³-hybridized carbons (Fsp3) is 0.750. The molecule has 1 N–H and O–H groups in total. The van der Waals surface area contributed by atoms with Gasteiger partial charge in [0.25, 0.3) is 0 Å². The summed E-state index contributed by atoms with van der Waals surface area (Å²) < 4.78 is 10.1. The molecular formula is C20H30O4. The average Bonchev–Trinajstić information content (AvgIpc) is 3.13. The minimum absolute atomic E-state index is 0.0180. The standard InChI is InChI=1S/C10H16O2.C10H14O2/c2*1-6-3-4-8-7(2)5-12-10(11)9(6)8/h5-6,8-11H,3-4H2,1-2H3;5-6,8-9H,3-4H2,1-2H3/t6-,8+,9+,10?;6-,8+,9+/m00/s1. The van der Waals surface area contributed by atoms with Crippen LogP contribution < -0.4 is 0 Å². The molecule has 2 saturated carbocycles. The van der Waals surface area contributed by atoms with Crippen LogP contribution >= 0.6 is 0 Å². The summed E-state index contributed by atoms with van der Waals surface area (Å²) in [7, 11) is 0. The van der Waals surface area contributed by atoms with Crippen LogP contribution in [-0.4, -0.2) is 17.4 Å². The van der Waals surface area contributed by atoms with Gasteiger partial charge in [-0.3, -0.25) is 4.79 Å². The molecule has 4 heteroatoms. The van der Waals surface area contributed by atoms with Crippen molar-refractivity contribution in [3.8, 4) is 0 Å². The van der Waals surface area contributed by atoms with Gasteiger partial charge in [0.15, 0.2) is 6.29 Å². The van der Waals surface area contributed by atoms with Crippen LogP contribution in [0.1, 0.15) is 53.4 Å². The molecule has 2 fully saturated rings. The van der Waals surface area contributed by atoms with Crippen LogP contribution in [0, 0.1) is 35.5 Å². The maximum absolute atomic E-state index is 11.4. The van der Waals surface area contributed by atoms with Gasteiger partial charge >= 0.3 is 5.97 Å². The van der Waals surface area contributed by atoms with Crippen molar-refractivity contribution in [2.75, 3.05) is 0 Å². The van der Waals surface area contributed by atoms with Gasteiger partial charge in [-0.2, -0.15) is 0 Å². The molecule has 2 heterocycles. The Morgan fingerprint density at radius 2 is 1.58 bits per heavy atom. The first-order valence-electron chi connectivity index (χ1n) is 9.27. The number of hydrogen-bond acceptors (Lipinski definition) is 4. The van der Waals surface area contributed by atoms with Crippen LogP contribution in [0.4, 0.5) is 0 Å². The number of aliphatic hydroxyl groups excluding tert-OH is 1. The molecule has 0 aromatic heterocycles. The molecule has 7 atom stereocenters. The lowest BCUT2D eigenvalue weighted by Gasteiger charge is -2.31. The van der Waals surface area contributed by atoms with Crippen LogP contribution in [0.2, 0.25) is 0 Å². The topological polar surface area (TPSA) is 55.8 Å². The Hall–Kier alpha value is -1.29. The zero-order valence-corrected chi connectivity index (χ0v) is 15.2. The summed E-state index contributed by atoms with van der Waals surface area (Å²) in [4.78, 5) is 11.4. The van der Waals surface area contributed by atoms with E-state index in [9.17, 15) is 9.90 Å². The average molecular weight is 334 g/mol. The second kappa shape index (κ2) is 6.91. The van der Waals surface area contributed by atoms with E-state index in [0.29, 0.717) is 29.6 Å². The van der Waals surface area contributed by atoms with Crippen LogP contribution in [0.15, 0.2) is 23.7 Å². The fourth-order valence-electron chi connectivity index (χ4n) is 5.01. The summed E-state index contributed by atoms with van der Waals surface area (Å²) in [6.07, 6.45) is 7.55. The van der Waals surface area contributed by atoms with Gasteiger partial charge < -0.3 is 14.6 Å². The first-order valence-corrected chi connectivity index (χ1v) is 9.27. The van der Waals surface area contributed by atoms with E-state index in [4.69, 9.17) is 9.47 Å². The molecule has 0 bridgehead atoms. The van der Waals surface area contributed by atoms with Crippen molar-refractivity contribution in [1.29, 1.82) is 0 Å². The highest BCUT2D eigenvalue weighted by Gasteiger charge is 2.43. The number of cyclic esters (lactones) is 1. The van der Waals surface area contributed by atoms with Gasteiger partial charge in [-0.1, -0.05) is 13.8 Å². The summed E-state index contributed by atoms with van der Waals surface area (Å²) in [5, 5.41) is 9.60. The van der Waals surface area contributed by atoms with Gasteiger partial charge in [-0.05, 0) is 74.3 Å². The largest absolute Gasteiger partial charge is 0.472 e. The first kappa shape index (κ1) is 17.5. The maximum Gasteiger partial charge on any atom is 0.314 e. The number of ether oxygens (including phenoxy) is 2. The Morgan fingerprint density at radius 1 is 0.958 bits per heavy atom. The molecule has 4 nitrogen and oxygen atoms in total. The molecule has 134 valence electrons. The molecule has 2 aliphatic carbocycles. The SMILES string of the molecule is CC1=COC(=O)[C@H]2[C@@H]1CC[C@@H]2C.CC1=COC(O)[C@H]2[C@@H]1CC[C@@H]2C. The number of rotatable bonds is 0. The molecule has 0 radical (unpaired) electrons. The van der Waals surface area contributed by atoms with E-state index in [1.165, 1.54) is 24.0 Å². The summed E-state index contributed by atoms with van der Waals surface area (Å²) >= 11 is 0. The van der Waals surface area contributed by atoms with Crippen molar-refractivity contribution >= 4 is 5.97 Å². The number of hydrogen-bond donors (Lipinski definition) is 1. The predicted molar refractivity (Wildman–Crippen MR) is 91.5 cm³/mol. The fourth-order valence-corrected chi connectivity index (χ4v) is 5.01. The maximum atomic E-state index is 11.4. The highest BCUT2D eigenvalue weighted by molar-refractivity contribution is 5.76. The Kier molecular flexibility index (Phi) is 5.05. The minimum atomic E-state index is -0.559. The van der Waals surface area contributed by atoms with Crippen LogP contribution in [0.3, 0.4) is 0 Å². The summed E-state index contributed by atoms with van der Waals surface area (Å²) in [5.74, 6) is 2.63. The van der Waals surface area contributed by atoms with Gasteiger partial charge in [0, 0.05) is 5.92 Å². The number of allylic oxidation sites excluding steroid dienone is 2. The quantitative estimate of drug-likeness (QED) is 0.680. The molecule has 2 aliphatic heterocycles. The first-order chi connectivity index (χ1) is 11.4. The second-order valence-corrected chi connectivity index (χ2v) is 8.11. The Balaban J connectivity index is 0.000000141. The lowest BCUT2D eigenvalue weighted by Crippen LogP contribution is -2.32. The summed E-state index contributed by atoms with van der Waals surface area (Å²) in [6.45, 7) is 8.50. The lowest BCUT2D eigenvalue weighted by molar-refractivity contribution is -0.146. The normalized spacial score (nSPS) is 43.4. The zero-order chi connectivity index (χ0) is 17.4. The third-order valence-electron chi connectivity index (χ3n) is 6.56. The molecule has 0 amide bonds. The number of aliphatic hydroxyl groups is 1. The number of esters is 1. The highest BCUT2D eigenvalue weighted by atomic mass is 16.6. The van der Waals surface area contributed by atoms with Crippen molar-refractivity contribution in [3.63, 3.8) is 0 Å². The van der Waals surface area contributed by atoms with Crippen molar-refractivity contribution in [1.82, 2.24) is 0 Å². The minimum Gasteiger partial charge on any atom is -0.472 e. The van der Waals surface area contributed by atoms with Crippen LogP contribution in [-0.2, 0) is 14.3 Å². The number of carbonyl (C=O) groups excluding carboxylic acids is 1. The smallest absolute Gasteiger partial charge is 0.314 e. The van der Waals surface area contributed by atoms with Crippen molar-refractivity contribution < 1.29 is 19.4 Å². The molecule has 4 rings (SSSR count). The molecule has 24 heavy (non-hydrogen) atoms. The van der Waals surface area contributed by atoms with E-state index in [2.05, 4.69) is 27.7 Å². The summed E-state index contributed by atoms with van der Waals surface area (Å²) in [5.41, 5.74) is 2.54. The molecular weight excluding hydrogens is 304 g/mol. The number of carbonyl (C=O) groups is 1. The second-order valence-electron chi connectivity index (χ2n) is 8.11. The molecule has 0 aromatic carbocycles. The predicted octanol–water partition coefficient (Wildman–Crippen LogP) is 4.01. The monoisotopic (exact) mass is 334 g/mol. The van der Waals surface area contributed by atoms with E-state index in [1.54, 1.807) is 12.5 Å². The van der Waals surface area contributed by atoms with E-state index in [1.807, 2.05) is 0 Å². The van der Waals surface area contributed by atoms with Gasteiger partial charge in [0.05, 0.1) is 18.4 Å². The third-order valence-corrected chi connectivity index (χ3v) is 6.56. The lowest BCUT2D eigenvalue weighted by atomic mass is 9.84. The molecule has 1 unspecified atom stereocenters. The van der Waals surface area contributed by atoms with Crippen molar-refractivity contribution in [2.24, 2.45) is 35.5 Å². The number of fused-ring (bicyclic) bond motifs is 2. The Bertz CT molecular complexity index is 550. The van der Waals surface area contributed by atoms with Crippen molar-refractivity contribution in [2.45, 2.75) is 59.7 Å². The molecule has 0 saturated heterocycles. The molecule has 0 aromatic rings. The van der Waals surface area contributed by atoms with Gasteiger partial charge in [0.2, 0.25) is 0 Å². The zero-order valence-electron chi connectivity index (χ0n) is 15.2. The molecule has 0 spiro atoms. The van der Waals surface area contributed by atoms with Gasteiger partial charge in [-0.15, -0.1) is 0 Å². The van der Waals surface area contributed by atoms with E-state index >= 15 is 0 Å². The third kappa shape index (κ3) is 3.13. The Labute approximate surface area is 144 Å². The van der Waals surface area contributed by atoms with Crippen molar-refractivity contribution in [3.05, 3.63) is 23.7 Å². The summed E-state index contributed by atoms with van der Waals surface area (Å²) in [6, 6.07) is 0. The van der Waals surface area contributed by atoms with Crippen LogP contribution in [0.5, 0.6) is 0 Å². The Morgan fingerprint density at radius 3 is 2.25 bits per heavy atom. The van der Waals surface area contributed by atoms with Crippen LogP contribution in [0.25, 0.3) is 0 Å². The van der Waals surface area contributed by atoms with E-state index in [0.717, 1.165) is 12.8 Å². The highest BCUT2D eigenvalue weighted by Crippen LogP contribution is 2.45. The van der Waals surface area contributed by atoms with Gasteiger partial charge in [0.1, 0.15) is 0 Å². The van der Waals surface area contributed by atoms with E-state index in [-0.39, 0.29) is 11.9 Å². The van der Waals surface area contributed by atoms with E-state index < -0.39 is 6.29 Å².